The van der Waals surface area contributed by atoms with Crippen molar-refractivity contribution in [2.45, 2.75) is 13.0 Å². The molecule has 32 heavy (non-hydrogen) atoms. The van der Waals surface area contributed by atoms with E-state index in [1.165, 1.54) is 12.1 Å². The van der Waals surface area contributed by atoms with Gasteiger partial charge >= 0.3 is 0 Å². The first-order chi connectivity index (χ1) is 15.5. The Hall–Kier alpha value is -2.86. The summed E-state index contributed by atoms with van der Waals surface area (Å²) in [4.78, 5) is 15.0. The number of Topliss-reactive ketones (excluding diaryl/α,β-unsaturated/α-hetero) is 1. The lowest BCUT2D eigenvalue weighted by atomic mass is 10.0. The van der Waals surface area contributed by atoms with E-state index in [0.29, 0.717) is 40.4 Å². The molecule has 0 saturated carbocycles. The van der Waals surface area contributed by atoms with Crippen molar-refractivity contribution < 1.29 is 18.7 Å². The minimum atomic E-state index is -0.244. The van der Waals surface area contributed by atoms with E-state index in [0.717, 1.165) is 29.7 Å². The van der Waals surface area contributed by atoms with E-state index in [-0.39, 0.29) is 17.4 Å². The van der Waals surface area contributed by atoms with Crippen molar-refractivity contribution in [1.82, 2.24) is 4.90 Å². The van der Waals surface area contributed by atoms with Crippen LogP contribution in [0.1, 0.15) is 27.0 Å². The second-order valence-corrected chi connectivity index (χ2v) is 8.55. The fraction of sp³-hybridized carbons (Fsp3) is 0.160. The van der Waals surface area contributed by atoms with Gasteiger partial charge in [-0.15, -0.1) is 0 Å². The van der Waals surface area contributed by atoms with Crippen molar-refractivity contribution in [3.05, 3.63) is 98.5 Å². The summed E-state index contributed by atoms with van der Waals surface area (Å²) in [7, 11) is 0. The first kappa shape index (κ1) is 21.0. The normalized spacial score (nSPS) is 16.5. The standard InChI is InChI=1S/C25H18Cl2FNO3/c26-20-7-3-16(11-21(20)27)12-23-24(30)18-6-8-22-19(25(18)32-23)13-29(14-31-22)10-9-15-1-4-17(28)5-2-15/h1-8,11-12H,9-10,13-14H2/b23-12-. The summed E-state index contributed by atoms with van der Waals surface area (Å²) in [6, 6.07) is 15.2. The first-order valence-electron chi connectivity index (χ1n) is 10.1. The molecule has 4 nitrogen and oxygen atoms in total. The number of carbonyl (C=O) groups excluding carboxylic acids is 1. The Morgan fingerprint density at radius 3 is 2.62 bits per heavy atom. The summed E-state index contributed by atoms with van der Waals surface area (Å²) in [5.74, 6) is 1.05. The third-order valence-electron chi connectivity index (χ3n) is 5.55. The number of rotatable bonds is 4. The van der Waals surface area contributed by atoms with Crippen LogP contribution in [0.25, 0.3) is 6.08 Å². The molecular formula is C25H18Cl2FNO3. The van der Waals surface area contributed by atoms with E-state index in [1.54, 1.807) is 42.5 Å². The maximum absolute atomic E-state index is 13.1. The zero-order chi connectivity index (χ0) is 22.2. The second kappa shape index (κ2) is 8.58. The van der Waals surface area contributed by atoms with E-state index < -0.39 is 0 Å². The predicted molar refractivity (Wildman–Crippen MR) is 122 cm³/mol. The summed E-state index contributed by atoms with van der Waals surface area (Å²) in [6.07, 6.45) is 2.42. The predicted octanol–water partition coefficient (Wildman–Crippen LogP) is 6.14. The highest BCUT2D eigenvalue weighted by Crippen LogP contribution is 2.42. The maximum atomic E-state index is 13.1. The van der Waals surface area contributed by atoms with Crippen LogP contribution in [0.2, 0.25) is 10.0 Å². The maximum Gasteiger partial charge on any atom is 0.231 e. The van der Waals surface area contributed by atoms with Gasteiger partial charge in [-0.3, -0.25) is 9.69 Å². The van der Waals surface area contributed by atoms with Crippen LogP contribution in [0.5, 0.6) is 11.5 Å². The summed E-state index contributed by atoms with van der Waals surface area (Å²) in [5.41, 5.74) is 3.13. The molecule has 5 rings (SSSR count). The van der Waals surface area contributed by atoms with Crippen LogP contribution in [0.15, 0.2) is 60.4 Å². The van der Waals surface area contributed by atoms with Crippen LogP contribution in [-0.2, 0) is 13.0 Å². The van der Waals surface area contributed by atoms with Crippen LogP contribution in [0.3, 0.4) is 0 Å². The third kappa shape index (κ3) is 4.11. The van der Waals surface area contributed by atoms with Crippen molar-refractivity contribution >= 4 is 35.1 Å². The fourth-order valence-corrected chi connectivity index (χ4v) is 4.15. The number of ketones is 1. The fourth-order valence-electron chi connectivity index (χ4n) is 3.84. The van der Waals surface area contributed by atoms with Crippen LogP contribution < -0.4 is 9.47 Å². The molecule has 0 N–H and O–H groups in total. The summed E-state index contributed by atoms with van der Waals surface area (Å²) in [6.45, 7) is 1.76. The van der Waals surface area contributed by atoms with Gasteiger partial charge in [0.15, 0.2) is 5.76 Å². The quantitative estimate of drug-likeness (QED) is 0.430. The largest absolute Gasteiger partial charge is 0.478 e. The highest BCUT2D eigenvalue weighted by Gasteiger charge is 2.33. The van der Waals surface area contributed by atoms with Gasteiger partial charge < -0.3 is 9.47 Å². The molecule has 2 heterocycles. The van der Waals surface area contributed by atoms with Gasteiger partial charge in [0.2, 0.25) is 5.78 Å². The molecule has 3 aromatic rings. The lowest BCUT2D eigenvalue weighted by Crippen LogP contribution is -2.33. The average Bonchev–Trinajstić information content (AvgIpc) is 3.11. The second-order valence-electron chi connectivity index (χ2n) is 7.73. The molecule has 0 unspecified atom stereocenters. The summed E-state index contributed by atoms with van der Waals surface area (Å²) < 4.78 is 25.0. The Morgan fingerprint density at radius 2 is 1.84 bits per heavy atom. The first-order valence-corrected chi connectivity index (χ1v) is 10.9. The minimum absolute atomic E-state index is 0.183. The number of allylic oxidation sites excluding steroid dienone is 1. The van der Waals surface area contributed by atoms with Gasteiger partial charge in [0.1, 0.15) is 24.0 Å². The van der Waals surface area contributed by atoms with Crippen molar-refractivity contribution in [1.29, 1.82) is 0 Å². The summed E-state index contributed by atoms with van der Waals surface area (Å²) >= 11 is 12.1. The molecule has 0 fully saturated rings. The average molecular weight is 470 g/mol. The molecule has 0 amide bonds. The van der Waals surface area contributed by atoms with E-state index >= 15 is 0 Å². The Morgan fingerprint density at radius 1 is 1.03 bits per heavy atom. The number of benzene rings is 3. The van der Waals surface area contributed by atoms with Gasteiger partial charge in [0.25, 0.3) is 0 Å². The van der Waals surface area contributed by atoms with Crippen molar-refractivity contribution in [3.63, 3.8) is 0 Å². The number of hydrogen-bond donors (Lipinski definition) is 0. The molecule has 0 saturated heterocycles. The van der Waals surface area contributed by atoms with Gasteiger partial charge in [-0.05, 0) is 60.0 Å². The molecular weight excluding hydrogens is 452 g/mol. The molecule has 0 atom stereocenters. The van der Waals surface area contributed by atoms with Crippen molar-refractivity contribution in [2.24, 2.45) is 0 Å². The Labute approximate surface area is 194 Å². The van der Waals surface area contributed by atoms with Gasteiger partial charge in [0, 0.05) is 13.1 Å². The van der Waals surface area contributed by atoms with Crippen LogP contribution >= 0.6 is 23.2 Å². The van der Waals surface area contributed by atoms with E-state index in [2.05, 4.69) is 4.90 Å². The number of fused-ring (bicyclic) bond motifs is 3. The molecule has 0 aromatic heterocycles. The smallest absolute Gasteiger partial charge is 0.231 e. The van der Waals surface area contributed by atoms with Gasteiger partial charge in [-0.2, -0.15) is 0 Å². The number of carbonyl (C=O) groups is 1. The Balaban J connectivity index is 1.36. The van der Waals surface area contributed by atoms with Gasteiger partial charge in [-0.1, -0.05) is 41.4 Å². The number of hydrogen-bond acceptors (Lipinski definition) is 4. The number of nitrogens with zero attached hydrogens (tertiary/aromatic N) is 1. The van der Waals surface area contributed by atoms with E-state index in [1.807, 2.05) is 6.07 Å². The van der Waals surface area contributed by atoms with Gasteiger partial charge in [0.05, 0.1) is 21.2 Å². The molecule has 0 radical (unpaired) electrons. The molecule has 3 aromatic carbocycles. The Kier molecular flexibility index (Phi) is 5.64. The zero-order valence-corrected chi connectivity index (χ0v) is 18.4. The molecule has 0 bridgehead atoms. The topological polar surface area (TPSA) is 38.8 Å². The minimum Gasteiger partial charge on any atom is -0.478 e. The highest BCUT2D eigenvalue weighted by atomic mass is 35.5. The Bertz CT molecular complexity index is 1240. The van der Waals surface area contributed by atoms with Crippen LogP contribution in [0, 0.1) is 5.82 Å². The van der Waals surface area contributed by atoms with E-state index in [4.69, 9.17) is 32.7 Å². The van der Waals surface area contributed by atoms with Crippen LogP contribution in [-0.4, -0.2) is 24.0 Å². The van der Waals surface area contributed by atoms with E-state index in [9.17, 15) is 9.18 Å². The van der Waals surface area contributed by atoms with Gasteiger partial charge in [-0.25, -0.2) is 4.39 Å². The lowest BCUT2D eigenvalue weighted by Gasteiger charge is -2.29. The lowest BCUT2D eigenvalue weighted by molar-refractivity contribution is 0.0949. The molecule has 2 aliphatic heterocycles. The SMILES string of the molecule is O=C1/C(=C/c2ccc(Cl)c(Cl)c2)Oc2c1ccc1c2CN(CCc2ccc(F)cc2)CO1. The highest BCUT2D eigenvalue weighted by molar-refractivity contribution is 6.42. The molecule has 7 heteroatoms. The molecule has 0 spiro atoms. The summed E-state index contributed by atoms with van der Waals surface area (Å²) in [5, 5.41) is 0.856. The van der Waals surface area contributed by atoms with Crippen molar-refractivity contribution in [3.8, 4) is 11.5 Å². The number of halogens is 3. The van der Waals surface area contributed by atoms with Crippen molar-refractivity contribution in [2.75, 3.05) is 13.3 Å². The third-order valence-corrected chi connectivity index (χ3v) is 6.29. The molecule has 0 aliphatic carbocycles. The van der Waals surface area contributed by atoms with Crippen LogP contribution in [0.4, 0.5) is 4.39 Å². The molecule has 2 aliphatic rings. The number of ether oxygens (including phenoxy) is 2. The zero-order valence-electron chi connectivity index (χ0n) is 16.9. The molecule has 162 valence electrons. The monoisotopic (exact) mass is 469 g/mol.